The summed E-state index contributed by atoms with van der Waals surface area (Å²) in [6.07, 6.45) is 1.45. The van der Waals surface area contributed by atoms with Crippen molar-refractivity contribution in [2.75, 3.05) is 51.8 Å². The Morgan fingerprint density at radius 2 is 1.79 bits per heavy atom. The molecule has 3 rings (SSSR count). The molecule has 29 heavy (non-hydrogen) atoms. The summed E-state index contributed by atoms with van der Waals surface area (Å²) < 4.78 is 33.1. The molecular weight excluding hydrogens is 392 g/mol. The summed E-state index contributed by atoms with van der Waals surface area (Å²) in [5.74, 6) is 0.885. The van der Waals surface area contributed by atoms with Gasteiger partial charge in [-0.3, -0.25) is 9.36 Å². The second kappa shape index (κ2) is 8.98. The molecule has 2 aromatic rings. The molecular formula is C20H29N4O4S+. The largest absolute Gasteiger partial charge is 0.492 e. The molecule has 1 saturated heterocycles. The number of rotatable bonds is 7. The minimum absolute atomic E-state index is 0.130. The first-order valence-electron chi connectivity index (χ1n) is 9.76. The molecule has 0 aliphatic carbocycles. The van der Waals surface area contributed by atoms with Gasteiger partial charge in [0.25, 0.3) is 5.56 Å². The predicted octanol–water partition coefficient (Wildman–Crippen LogP) is -0.140. The monoisotopic (exact) mass is 421 g/mol. The predicted molar refractivity (Wildman–Crippen MR) is 112 cm³/mol. The summed E-state index contributed by atoms with van der Waals surface area (Å²) in [7, 11) is -0.607. The zero-order chi connectivity index (χ0) is 21.0. The van der Waals surface area contributed by atoms with Gasteiger partial charge in [-0.25, -0.2) is 12.7 Å². The molecule has 1 aliphatic rings. The van der Waals surface area contributed by atoms with Gasteiger partial charge in [-0.05, 0) is 25.1 Å². The van der Waals surface area contributed by atoms with Gasteiger partial charge in [-0.2, -0.15) is 0 Å². The molecule has 0 unspecified atom stereocenters. The van der Waals surface area contributed by atoms with Crippen LogP contribution in [0.15, 0.2) is 52.3 Å². The van der Waals surface area contributed by atoms with Crippen molar-refractivity contribution in [3.05, 3.63) is 52.9 Å². The van der Waals surface area contributed by atoms with E-state index in [1.807, 2.05) is 25.1 Å². The van der Waals surface area contributed by atoms with Crippen molar-refractivity contribution in [2.45, 2.75) is 18.5 Å². The van der Waals surface area contributed by atoms with Crippen LogP contribution in [0.4, 0.5) is 5.69 Å². The Labute approximate surface area is 172 Å². The first-order valence-corrected chi connectivity index (χ1v) is 11.2. The quantitative estimate of drug-likeness (QED) is 0.674. The minimum atomic E-state index is -3.57. The Bertz CT molecular complexity index is 996. The first-order chi connectivity index (χ1) is 13.8. The van der Waals surface area contributed by atoms with Gasteiger partial charge in [0.15, 0.2) is 6.67 Å². The zero-order valence-electron chi connectivity index (χ0n) is 17.2. The highest BCUT2D eigenvalue weighted by Crippen LogP contribution is 2.27. The van der Waals surface area contributed by atoms with Gasteiger partial charge in [0.1, 0.15) is 5.75 Å². The molecule has 158 valence electrons. The lowest BCUT2D eigenvalue weighted by Gasteiger charge is -2.34. The standard InChI is InChI=1S/C20H28N4O4S/c1-4-28-19-8-6-5-7-18(19)23-13-11-22(12-14-23)16-24-15-17(9-10-20(24)25)29(26,27)21(2)3/h5-10,15H,4,11-14,16H2,1-3H3/p+1. The number of nitrogens with one attached hydrogen (secondary N) is 1. The molecule has 1 N–H and O–H groups in total. The van der Waals surface area contributed by atoms with Gasteiger partial charge in [-0.1, -0.05) is 12.1 Å². The third kappa shape index (κ3) is 4.80. The molecule has 9 heteroatoms. The summed E-state index contributed by atoms with van der Waals surface area (Å²) in [6, 6.07) is 10.7. The number of pyridine rings is 1. The van der Waals surface area contributed by atoms with E-state index in [9.17, 15) is 13.2 Å². The molecule has 2 heterocycles. The number of ether oxygens (including phenoxy) is 1. The molecule has 8 nitrogen and oxygen atoms in total. The summed E-state index contributed by atoms with van der Waals surface area (Å²) in [5, 5.41) is 0. The van der Waals surface area contributed by atoms with Crippen LogP contribution < -0.4 is 20.1 Å². The number of sulfonamides is 1. The molecule has 0 bridgehead atoms. The summed E-state index contributed by atoms with van der Waals surface area (Å²) in [4.78, 5) is 15.9. The summed E-state index contributed by atoms with van der Waals surface area (Å²) >= 11 is 0. The number of hydrogen-bond acceptors (Lipinski definition) is 5. The molecule has 0 amide bonds. The van der Waals surface area contributed by atoms with Crippen LogP contribution in [0.5, 0.6) is 5.75 Å². The second-order valence-electron chi connectivity index (χ2n) is 7.26. The van der Waals surface area contributed by atoms with Crippen molar-refractivity contribution in [3.63, 3.8) is 0 Å². The van der Waals surface area contributed by atoms with Crippen LogP contribution in [0, 0.1) is 0 Å². The maximum Gasteiger partial charge on any atom is 0.254 e. The fraction of sp³-hybridized carbons (Fsp3) is 0.450. The van der Waals surface area contributed by atoms with Gasteiger partial charge in [-0.15, -0.1) is 0 Å². The highest BCUT2D eigenvalue weighted by atomic mass is 32.2. The number of piperazine rings is 1. The summed E-state index contributed by atoms with van der Waals surface area (Å²) in [5.41, 5.74) is 0.893. The maximum absolute atomic E-state index is 12.4. The maximum atomic E-state index is 12.4. The van der Waals surface area contributed by atoms with Gasteiger partial charge < -0.3 is 14.5 Å². The Hall–Kier alpha value is -2.36. The molecule has 0 atom stereocenters. The Morgan fingerprint density at radius 3 is 2.45 bits per heavy atom. The van der Waals surface area contributed by atoms with E-state index in [1.54, 1.807) is 0 Å². The molecule has 1 aromatic heterocycles. The number of para-hydroxylation sites is 2. The van der Waals surface area contributed by atoms with Crippen molar-refractivity contribution in [2.24, 2.45) is 0 Å². The van der Waals surface area contributed by atoms with Crippen LogP contribution in [0.1, 0.15) is 6.92 Å². The number of aromatic nitrogens is 1. The van der Waals surface area contributed by atoms with Crippen LogP contribution in [-0.2, 0) is 16.7 Å². The van der Waals surface area contributed by atoms with E-state index >= 15 is 0 Å². The Balaban J connectivity index is 1.70. The lowest BCUT2D eigenvalue weighted by molar-refractivity contribution is -0.923. The normalized spacial score (nSPS) is 15.7. The van der Waals surface area contributed by atoms with E-state index in [0.717, 1.165) is 41.9 Å². The fourth-order valence-corrected chi connectivity index (χ4v) is 4.38. The van der Waals surface area contributed by atoms with Crippen LogP contribution in [0.25, 0.3) is 0 Å². The van der Waals surface area contributed by atoms with Gasteiger partial charge in [0.2, 0.25) is 10.0 Å². The number of hydrogen-bond donors (Lipinski definition) is 1. The van der Waals surface area contributed by atoms with Crippen molar-refractivity contribution in [1.29, 1.82) is 0 Å². The van der Waals surface area contributed by atoms with Crippen molar-refractivity contribution in [3.8, 4) is 5.75 Å². The second-order valence-corrected chi connectivity index (χ2v) is 9.41. The average Bonchev–Trinajstić information content (AvgIpc) is 2.71. The van der Waals surface area contributed by atoms with E-state index in [1.165, 1.54) is 41.9 Å². The third-order valence-electron chi connectivity index (χ3n) is 5.11. The molecule has 1 aromatic carbocycles. The van der Waals surface area contributed by atoms with E-state index in [-0.39, 0.29) is 10.5 Å². The van der Waals surface area contributed by atoms with E-state index in [2.05, 4.69) is 11.0 Å². The lowest BCUT2D eigenvalue weighted by Crippen LogP contribution is -3.14. The molecule has 1 fully saturated rings. The highest BCUT2D eigenvalue weighted by Gasteiger charge is 2.24. The van der Waals surface area contributed by atoms with Gasteiger partial charge in [0.05, 0.1) is 43.4 Å². The number of benzene rings is 1. The highest BCUT2D eigenvalue weighted by molar-refractivity contribution is 7.89. The zero-order valence-corrected chi connectivity index (χ0v) is 18.0. The minimum Gasteiger partial charge on any atom is -0.492 e. The van der Waals surface area contributed by atoms with Crippen LogP contribution >= 0.6 is 0 Å². The van der Waals surface area contributed by atoms with E-state index in [0.29, 0.717) is 13.3 Å². The Kier molecular flexibility index (Phi) is 6.61. The molecule has 0 radical (unpaired) electrons. The van der Waals surface area contributed by atoms with Crippen LogP contribution in [0.3, 0.4) is 0 Å². The topological polar surface area (TPSA) is 76.3 Å². The van der Waals surface area contributed by atoms with Gasteiger partial charge >= 0.3 is 0 Å². The SMILES string of the molecule is CCOc1ccccc1N1CC[NH+](Cn2cc(S(=O)(=O)N(C)C)ccc2=O)CC1. The molecule has 1 aliphatic heterocycles. The van der Waals surface area contributed by atoms with Crippen molar-refractivity contribution >= 4 is 15.7 Å². The van der Waals surface area contributed by atoms with Gasteiger partial charge in [0, 0.05) is 26.4 Å². The Morgan fingerprint density at radius 1 is 1.10 bits per heavy atom. The molecule has 0 spiro atoms. The van der Waals surface area contributed by atoms with Crippen molar-refractivity contribution in [1.82, 2.24) is 8.87 Å². The lowest BCUT2D eigenvalue weighted by atomic mass is 10.2. The third-order valence-corrected chi connectivity index (χ3v) is 6.90. The number of quaternary nitrogens is 1. The van der Waals surface area contributed by atoms with Crippen LogP contribution in [0.2, 0.25) is 0 Å². The summed E-state index contributed by atoms with van der Waals surface area (Å²) in [6.45, 7) is 6.40. The van der Waals surface area contributed by atoms with E-state index in [4.69, 9.17) is 4.74 Å². The van der Waals surface area contributed by atoms with E-state index < -0.39 is 10.0 Å². The first kappa shape index (κ1) is 21.4. The van der Waals surface area contributed by atoms with Crippen LogP contribution in [-0.4, -0.2) is 64.2 Å². The fourth-order valence-electron chi connectivity index (χ4n) is 3.46. The average molecular weight is 422 g/mol. The van der Waals surface area contributed by atoms with Crippen molar-refractivity contribution < 1.29 is 18.1 Å². The number of anilines is 1. The molecule has 0 saturated carbocycles. The number of nitrogens with zero attached hydrogens (tertiary/aromatic N) is 3. The smallest absolute Gasteiger partial charge is 0.254 e.